The molecule has 0 spiro atoms. The van der Waals surface area contributed by atoms with Crippen LogP contribution in [-0.4, -0.2) is 12.1 Å². The van der Waals surface area contributed by atoms with Gasteiger partial charge in [0, 0.05) is 0 Å². The number of methoxy groups -OCH3 is 1. The molecule has 15 heavy (non-hydrogen) atoms. The Morgan fingerprint density at radius 2 is 2.13 bits per heavy atom. The first kappa shape index (κ1) is 9.79. The fraction of sp³-hybridized carbons (Fsp3) is 0.111. The molecule has 78 valence electrons. The number of aromatic amines is 1. The largest absolute Gasteiger partial charge is 0.495 e. The van der Waals surface area contributed by atoms with Gasteiger partial charge in [-0.25, -0.2) is 9.59 Å². The van der Waals surface area contributed by atoms with Crippen molar-refractivity contribution < 1.29 is 9.15 Å². The van der Waals surface area contributed by atoms with E-state index in [4.69, 9.17) is 16.3 Å². The van der Waals surface area contributed by atoms with E-state index in [1.54, 1.807) is 0 Å². The zero-order chi connectivity index (χ0) is 11.0. The normalized spacial score (nSPS) is 10.5. The molecule has 6 heteroatoms. The number of aromatic nitrogens is 1. The second-order valence-corrected chi connectivity index (χ2v) is 3.24. The van der Waals surface area contributed by atoms with Gasteiger partial charge in [-0.3, -0.25) is 4.98 Å². The minimum atomic E-state index is -0.811. The number of rotatable bonds is 1. The molecule has 0 aliphatic heterocycles. The smallest absolute Gasteiger partial charge is 0.419 e. The number of hydrogen-bond acceptors (Lipinski definition) is 4. The first-order chi connectivity index (χ1) is 7.11. The molecule has 2 rings (SSSR count). The van der Waals surface area contributed by atoms with Crippen LogP contribution in [0, 0.1) is 0 Å². The number of halogens is 1. The third-order valence-corrected chi connectivity index (χ3v) is 2.23. The van der Waals surface area contributed by atoms with Crippen LogP contribution in [0.2, 0.25) is 5.02 Å². The Morgan fingerprint density at radius 1 is 1.40 bits per heavy atom. The van der Waals surface area contributed by atoms with Crippen LogP contribution in [0.4, 0.5) is 0 Å². The Balaban J connectivity index is 2.94. The minimum absolute atomic E-state index is 0.218. The molecule has 0 bridgehead atoms. The summed E-state index contributed by atoms with van der Waals surface area (Å²) in [5.74, 6) is -0.461. The number of nitrogens with one attached hydrogen (secondary N) is 1. The summed E-state index contributed by atoms with van der Waals surface area (Å²) in [6.07, 6.45) is 0. The van der Waals surface area contributed by atoms with Crippen molar-refractivity contribution in [2.45, 2.75) is 0 Å². The number of H-pyrrole nitrogens is 1. The summed E-state index contributed by atoms with van der Waals surface area (Å²) in [5, 5.41) is 0.530. The van der Waals surface area contributed by atoms with Crippen molar-refractivity contribution in [1.82, 2.24) is 4.98 Å². The Kier molecular flexibility index (Phi) is 2.24. The Labute approximate surface area is 88.2 Å². The summed E-state index contributed by atoms with van der Waals surface area (Å²) in [6.45, 7) is 0. The van der Waals surface area contributed by atoms with Crippen LogP contribution in [0.15, 0.2) is 26.1 Å². The van der Waals surface area contributed by atoms with Gasteiger partial charge < -0.3 is 9.15 Å². The third-order valence-electron chi connectivity index (χ3n) is 1.93. The minimum Gasteiger partial charge on any atom is -0.495 e. The lowest BCUT2D eigenvalue weighted by molar-refractivity contribution is 0.414. The zero-order valence-electron chi connectivity index (χ0n) is 7.67. The van der Waals surface area contributed by atoms with E-state index in [0.717, 1.165) is 0 Å². The van der Waals surface area contributed by atoms with Crippen molar-refractivity contribution >= 4 is 22.5 Å². The molecular weight excluding hydrogens is 222 g/mol. The molecule has 0 aliphatic rings. The van der Waals surface area contributed by atoms with Crippen LogP contribution in [0.3, 0.4) is 0 Å². The highest BCUT2D eigenvalue weighted by molar-refractivity contribution is 6.32. The molecule has 0 fully saturated rings. The van der Waals surface area contributed by atoms with Gasteiger partial charge in [0.15, 0.2) is 0 Å². The summed E-state index contributed by atoms with van der Waals surface area (Å²) in [4.78, 5) is 24.5. The van der Waals surface area contributed by atoms with Crippen molar-refractivity contribution in [3.05, 3.63) is 38.1 Å². The summed E-state index contributed by atoms with van der Waals surface area (Å²) < 4.78 is 9.30. The molecule has 2 aromatic rings. The molecule has 0 saturated heterocycles. The maximum absolute atomic E-state index is 11.3. The average Bonchev–Trinajstić information content (AvgIpc) is 2.16. The molecule has 0 radical (unpaired) electrons. The number of hydrogen-bond donors (Lipinski definition) is 1. The number of fused-ring (bicyclic) bond motifs is 1. The molecule has 1 heterocycles. The lowest BCUT2D eigenvalue weighted by atomic mass is 10.2. The highest BCUT2D eigenvalue weighted by Gasteiger charge is 2.08. The zero-order valence-corrected chi connectivity index (χ0v) is 8.42. The molecule has 5 nitrogen and oxygen atoms in total. The SMILES string of the molecule is COc1cc2c(=O)oc(=O)[nH]c2cc1Cl. The molecule has 0 unspecified atom stereocenters. The highest BCUT2D eigenvalue weighted by Crippen LogP contribution is 2.26. The topological polar surface area (TPSA) is 72.3 Å². The van der Waals surface area contributed by atoms with Gasteiger partial charge in [-0.05, 0) is 12.1 Å². The van der Waals surface area contributed by atoms with E-state index in [1.807, 2.05) is 0 Å². The molecule has 1 N–H and O–H groups in total. The highest BCUT2D eigenvalue weighted by atomic mass is 35.5. The van der Waals surface area contributed by atoms with Crippen LogP contribution in [0.5, 0.6) is 5.75 Å². The van der Waals surface area contributed by atoms with Gasteiger partial charge in [-0.15, -0.1) is 0 Å². The van der Waals surface area contributed by atoms with E-state index < -0.39 is 11.4 Å². The van der Waals surface area contributed by atoms with E-state index in [-0.39, 0.29) is 5.39 Å². The van der Waals surface area contributed by atoms with Gasteiger partial charge in [0.05, 0.1) is 23.0 Å². The van der Waals surface area contributed by atoms with Crippen LogP contribution >= 0.6 is 11.6 Å². The van der Waals surface area contributed by atoms with Crippen LogP contribution in [0.1, 0.15) is 0 Å². The van der Waals surface area contributed by atoms with Gasteiger partial charge in [0.1, 0.15) is 5.75 Å². The summed E-state index contributed by atoms with van der Waals surface area (Å²) >= 11 is 5.83. The van der Waals surface area contributed by atoms with Crippen LogP contribution in [-0.2, 0) is 0 Å². The maximum Gasteiger partial charge on any atom is 0.419 e. The summed E-state index contributed by atoms with van der Waals surface area (Å²) in [7, 11) is 1.43. The summed E-state index contributed by atoms with van der Waals surface area (Å²) in [5.41, 5.74) is -0.397. The van der Waals surface area contributed by atoms with Gasteiger partial charge in [-0.2, -0.15) is 0 Å². The van der Waals surface area contributed by atoms with Gasteiger partial charge in [0.2, 0.25) is 0 Å². The van der Waals surface area contributed by atoms with E-state index in [0.29, 0.717) is 16.3 Å². The van der Waals surface area contributed by atoms with Crippen molar-refractivity contribution in [1.29, 1.82) is 0 Å². The fourth-order valence-electron chi connectivity index (χ4n) is 1.26. The predicted octanol–water partition coefficient (Wildman–Crippen LogP) is 1.14. The Bertz CT molecular complexity index is 628. The van der Waals surface area contributed by atoms with Crippen LogP contribution in [0.25, 0.3) is 10.9 Å². The third kappa shape index (κ3) is 1.61. The van der Waals surface area contributed by atoms with Crippen molar-refractivity contribution in [3.63, 3.8) is 0 Å². The predicted molar refractivity (Wildman–Crippen MR) is 54.7 cm³/mol. The van der Waals surface area contributed by atoms with E-state index in [2.05, 4.69) is 9.40 Å². The lowest BCUT2D eigenvalue weighted by Gasteiger charge is -2.03. The molecule has 0 saturated carbocycles. The standard InChI is InChI=1S/C9H6ClNO4/c1-14-7-2-4-6(3-5(7)10)11-9(13)15-8(4)12/h2-3H,1H3,(H,11,13). The molecule has 0 atom stereocenters. The van der Waals surface area contributed by atoms with Crippen LogP contribution < -0.4 is 16.1 Å². The first-order valence-electron chi connectivity index (χ1n) is 4.02. The van der Waals surface area contributed by atoms with E-state index >= 15 is 0 Å². The van der Waals surface area contributed by atoms with Gasteiger partial charge >= 0.3 is 11.4 Å². The second kappa shape index (κ2) is 3.43. The molecule has 0 aliphatic carbocycles. The molecule has 1 aromatic heterocycles. The Morgan fingerprint density at radius 3 is 2.80 bits per heavy atom. The van der Waals surface area contributed by atoms with E-state index in [1.165, 1.54) is 19.2 Å². The summed E-state index contributed by atoms with van der Waals surface area (Å²) in [6, 6.07) is 2.85. The first-order valence-corrected chi connectivity index (χ1v) is 4.40. The Hall–Kier alpha value is -1.75. The average molecular weight is 228 g/mol. The van der Waals surface area contributed by atoms with Crippen molar-refractivity contribution in [2.75, 3.05) is 7.11 Å². The maximum atomic E-state index is 11.3. The molecular formula is C9H6ClNO4. The van der Waals surface area contributed by atoms with Crippen molar-refractivity contribution in [3.8, 4) is 5.75 Å². The number of benzene rings is 1. The lowest BCUT2D eigenvalue weighted by Crippen LogP contribution is -2.14. The number of ether oxygens (including phenoxy) is 1. The molecule has 1 aromatic carbocycles. The van der Waals surface area contributed by atoms with Gasteiger partial charge in [0.25, 0.3) is 0 Å². The quantitative estimate of drug-likeness (QED) is 0.793. The van der Waals surface area contributed by atoms with E-state index in [9.17, 15) is 9.59 Å². The second-order valence-electron chi connectivity index (χ2n) is 2.83. The van der Waals surface area contributed by atoms with Crippen molar-refractivity contribution in [2.24, 2.45) is 0 Å². The van der Waals surface area contributed by atoms with Gasteiger partial charge in [-0.1, -0.05) is 11.6 Å². The fourth-order valence-corrected chi connectivity index (χ4v) is 1.50. The molecule has 0 amide bonds. The monoisotopic (exact) mass is 227 g/mol.